The fourth-order valence-electron chi connectivity index (χ4n) is 2.08. The quantitative estimate of drug-likeness (QED) is 0.468. The summed E-state index contributed by atoms with van der Waals surface area (Å²) in [4.78, 5) is 12.7. The van der Waals surface area contributed by atoms with Gasteiger partial charge in [-0.25, -0.2) is 17.6 Å². The molecule has 2 rings (SSSR count). The fourth-order valence-corrected chi connectivity index (χ4v) is 2.67. The number of carbonyl (C=O) groups is 1. The van der Waals surface area contributed by atoms with Crippen molar-refractivity contribution >= 4 is 34.2 Å². The van der Waals surface area contributed by atoms with Gasteiger partial charge in [-0.2, -0.15) is 0 Å². The lowest BCUT2D eigenvalue weighted by molar-refractivity contribution is -0.128. The topological polar surface area (TPSA) is 40.5 Å². The van der Waals surface area contributed by atoms with Crippen molar-refractivity contribution in [2.75, 3.05) is 6.54 Å². The maximum atomic E-state index is 13.9. The summed E-state index contributed by atoms with van der Waals surface area (Å²) < 4.78 is 52.4. The van der Waals surface area contributed by atoms with Crippen molar-refractivity contribution in [3.05, 3.63) is 35.4 Å². The molecule has 114 valence electrons. The number of carbonyl (C=O) groups excluding carboxylic acids is 1. The minimum Gasteiger partial charge on any atom is -0.508 e. The van der Waals surface area contributed by atoms with Crippen LogP contribution in [0, 0.1) is 11.6 Å². The minimum atomic E-state index is -2.83. The number of aromatic hydroxyl groups is 1. The molecule has 8 heteroatoms. The number of phenolic OH excluding ortho intramolecular Hbond substituents is 1. The molecule has 0 saturated carbocycles. The van der Waals surface area contributed by atoms with Crippen LogP contribution >= 0.6 is 22.6 Å². The normalized spacial score (nSPS) is 19.1. The highest BCUT2D eigenvalue weighted by Gasteiger charge is 2.33. The van der Waals surface area contributed by atoms with Crippen LogP contribution in [0.4, 0.5) is 17.6 Å². The van der Waals surface area contributed by atoms with Gasteiger partial charge in [0, 0.05) is 12.1 Å². The summed E-state index contributed by atoms with van der Waals surface area (Å²) in [5.74, 6) is -3.47. The van der Waals surface area contributed by atoms with E-state index in [1.54, 1.807) is 22.6 Å². The van der Waals surface area contributed by atoms with Crippen LogP contribution in [0.15, 0.2) is 18.2 Å². The molecule has 0 radical (unpaired) electrons. The number of hydrogen-bond donors (Lipinski definition) is 1. The molecule has 1 atom stereocenters. The summed E-state index contributed by atoms with van der Waals surface area (Å²) in [5.41, 5.74) is -0.826. The molecule has 21 heavy (non-hydrogen) atoms. The summed E-state index contributed by atoms with van der Waals surface area (Å²) in [6.45, 7) is -0.941. The van der Waals surface area contributed by atoms with Gasteiger partial charge < -0.3 is 10.0 Å². The molecule has 3 nitrogen and oxygen atoms in total. The van der Waals surface area contributed by atoms with Crippen molar-refractivity contribution in [3.63, 3.8) is 0 Å². The third kappa shape index (κ3) is 3.30. The molecule has 1 unspecified atom stereocenters. The number of halogens is 5. The van der Waals surface area contributed by atoms with Gasteiger partial charge in [0.05, 0.1) is 21.7 Å². The van der Waals surface area contributed by atoms with E-state index in [9.17, 15) is 22.4 Å². The van der Waals surface area contributed by atoms with Crippen LogP contribution in [0.2, 0.25) is 0 Å². The second-order valence-electron chi connectivity index (χ2n) is 4.42. The molecule has 0 bridgehead atoms. The van der Waals surface area contributed by atoms with E-state index in [0.717, 1.165) is 0 Å². The van der Waals surface area contributed by atoms with E-state index in [-0.39, 0.29) is 12.1 Å². The molecule has 1 aromatic rings. The molecular formula is C13H10F4INO2. The summed E-state index contributed by atoms with van der Waals surface area (Å²) in [5, 5.41) is 9.12. The zero-order valence-corrected chi connectivity index (χ0v) is 12.7. The van der Waals surface area contributed by atoms with Crippen LogP contribution in [-0.2, 0) is 4.79 Å². The van der Waals surface area contributed by atoms with Gasteiger partial charge in [0.15, 0.2) is 0 Å². The Labute approximate surface area is 131 Å². The van der Waals surface area contributed by atoms with E-state index in [2.05, 4.69) is 0 Å². The number of amides is 1. The maximum absolute atomic E-state index is 13.9. The molecule has 1 aliphatic rings. The molecule has 0 saturated heterocycles. The number of hydrogen-bond acceptors (Lipinski definition) is 2. The molecule has 0 aromatic heterocycles. The number of allylic oxidation sites excluding steroid dienone is 1. The lowest BCUT2D eigenvalue weighted by Crippen LogP contribution is -2.41. The Balaban J connectivity index is 2.52. The molecule has 1 aromatic carbocycles. The largest absolute Gasteiger partial charge is 0.508 e. The number of rotatable bonds is 3. The maximum Gasteiger partial charge on any atom is 0.256 e. The zero-order chi connectivity index (χ0) is 15.7. The standard InChI is InChI=1S/C13H10F4INO2/c14-7-3-6(20)4-8(15)12(7)10-2-1-9(18)13(21)19(10)5-11(16)17/h2-4,9,11,20H,1,5H2. The van der Waals surface area contributed by atoms with Crippen LogP contribution in [-0.4, -0.2) is 32.8 Å². The van der Waals surface area contributed by atoms with Gasteiger partial charge >= 0.3 is 0 Å². The summed E-state index contributed by atoms with van der Waals surface area (Å²) in [6, 6.07) is 1.33. The van der Waals surface area contributed by atoms with Crippen molar-refractivity contribution in [3.8, 4) is 5.75 Å². The average molecular weight is 415 g/mol. The number of benzene rings is 1. The third-order valence-electron chi connectivity index (χ3n) is 2.95. The van der Waals surface area contributed by atoms with E-state index in [1.165, 1.54) is 6.08 Å². The van der Waals surface area contributed by atoms with Crippen LogP contribution in [0.3, 0.4) is 0 Å². The smallest absolute Gasteiger partial charge is 0.256 e. The summed E-state index contributed by atoms with van der Waals surface area (Å²) in [6.07, 6.45) is -1.30. The fraction of sp³-hybridized carbons (Fsp3) is 0.308. The third-order valence-corrected chi connectivity index (χ3v) is 3.99. The van der Waals surface area contributed by atoms with Gasteiger partial charge in [-0.15, -0.1) is 0 Å². The van der Waals surface area contributed by atoms with Crippen LogP contribution in [0.1, 0.15) is 12.0 Å². The Bertz CT molecular complexity index is 583. The number of alkyl halides is 3. The first-order valence-electron chi connectivity index (χ1n) is 5.93. The van der Waals surface area contributed by atoms with Crippen molar-refractivity contribution < 1.29 is 27.5 Å². The second kappa shape index (κ2) is 6.20. The Morgan fingerprint density at radius 2 is 1.90 bits per heavy atom. The highest BCUT2D eigenvalue weighted by molar-refractivity contribution is 14.1. The zero-order valence-electron chi connectivity index (χ0n) is 10.5. The van der Waals surface area contributed by atoms with Crippen LogP contribution in [0.5, 0.6) is 5.75 Å². The van der Waals surface area contributed by atoms with E-state index in [0.29, 0.717) is 17.0 Å². The van der Waals surface area contributed by atoms with Crippen molar-refractivity contribution in [1.29, 1.82) is 0 Å². The molecule has 1 amide bonds. The Kier molecular flexibility index (Phi) is 4.74. The Morgan fingerprint density at radius 3 is 2.43 bits per heavy atom. The van der Waals surface area contributed by atoms with Crippen LogP contribution in [0.25, 0.3) is 5.70 Å². The van der Waals surface area contributed by atoms with Gasteiger partial charge in [-0.05, 0) is 6.42 Å². The number of nitrogens with zero attached hydrogens (tertiary/aromatic N) is 1. The first-order chi connectivity index (χ1) is 9.81. The molecule has 1 heterocycles. The van der Waals surface area contributed by atoms with Gasteiger partial charge in [-0.1, -0.05) is 28.7 Å². The molecule has 1 N–H and O–H groups in total. The van der Waals surface area contributed by atoms with E-state index in [1.807, 2.05) is 0 Å². The van der Waals surface area contributed by atoms with Gasteiger partial charge in [0.25, 0.3) is 6.43 Å². The van der Waals surface area contributed by atoms with Crippen LogP contribution < -0.4 is 0 Å². The molecule has 1 aliphatic heterocycles. The number of phenols is 1. The first kappa shape index (κ1) is 16.1. The molecule has 0 spiro atoms. The lowest BCUT2D eigenvalue weighted by Gasteiger charge is -2.31. The highest BCUT2D eigenvalue weighted by atomic mass is 127. The minimum absolute atomic E-state index is 0.189. The molecule has 0 aliphatic carbocycles. The Morgan fingerprint density at radius 1 is 1.33 bits per heavy atom. The lowest BCUT2D eigenvalue weighted by atomic mass is 10.0. The highest BCUT2D eigenvalue weighted by Crippen LogP contribution is 2.33. The monoisotopic (exact) mass is 415 g/mol. The molecule has 0 fully saturated rings. The van der Waals surface area contributed by atoms with Crippen molar-refractivity contribution in [2.24, 2.45) is 0 Å². The first-order valence-corrected chi connectivity index (χ1v) is 7.18. The van der Waals surface area contributed by atoms with Crippen molar-refractivity contribution in [1.82, 2.24) is 4.90 Å². The Hall–Kier alpha value is -1.32. The van der Waals surface area contributed by atoms with Crippen molar-refractivity contribution in [2.45, 2.75) is 16.8 Å². The average Bonchev–Trinajstić information content (AvgIpc) is 2.36. The summed E-state index contributed by atoms with van der Waals surface area (Å²) in [7, 11) is 0. The van der Waals surface area contributed by atoms with E-state index < -0.39 is 45.7 Å². The molecular weight excluding hydrogens is 405 g/mol. The SMILES string of the molecule is O=C1C(I)CC=C(c2c(F)cc(O)cc2F)N1CC(F)F. The predicted octanol–water partition coefficient (Wildman–Crippen LogP) is 3.31. The van der Waals surface area contributed by atoms with E-state index >= 15 is 0 Å². The van der Waals surface area contributed by atoms with Gasteiger partial charge in [-0.3, -0.25) is 4.79 Å². The van der Waals surface area contributed by atoms with Gasteiger partial charge in [0.1, 0.15) is 17.4 Å². The predicted molar refractivity (Wildman–Crippen MR) is 76.1 cm³/mol. The second-order valence-corrected chi connectivity index (χ2v) is 5.92. The summed E-state index contributed by atoms with van der Waals surface area (Å²) >= 11 is 1.79. The van der Waals surface area contributed by atoms with E-state index in [4.69, 9.17) is 5.11 Å². The van der Waals surface area contributed by atoms with Gasteiger partial charge in [0.2, 0.25) is 5.91 Å².